The molecule has 4 rings (SSSR count). The van der Waals surface area contributed by atoms with Crippen molar-refractivity contribution in [3.05, 3.63) is 58.1 Å². The van der Waals surface area contributed by atoms with Crippen molar-refractivity contribution in [2.24, 2.45) is 0 Å². The van der Waals surface area contributed by atoms with Gasteiger partial charge in [-0.1, -0.05) is 12.1 Å². The van der Waals surface area contributed by atoms with E-state index in [1.54, 1.807) is 6.07 Å². The molecule has 0 radical (unpaired) electrons. The number of carboxylic acid groups (broad SMARTS) is 1. The zero-order valence-electron chi connectivity index (χ0n) is 14.2. The fourth-order valence-corrected chi connectivity index (χ4v) is 3.85. The number of hydrogen-bond acceptors (Lipinski definition) is 4. The molecule has 146 valence electrons. The van der Waals surface area contributed by atoms with Crippen LogP contribution in [0.4, 0.5) is 17.6 Å². The molecule has 1 aliphatic carbocycles. The van der Waals surface area contributed by atoms with Crippen molar-refractivity contribution in [1.29, 1.82) is 0 Å². The van der Waals surface area contributed by atoms with Crippen molar-refractivity contribution in [3.63, 3.8) is 0 Å². The molecule has 1 aromatic heterocycles. The lowest BCUT2D eigenvalue weighted by Gasteiger charge is -2.11. The van der Waals surface area contributed by atoms with Crippen LogP contribution in [0.3, 0.4) is 0 Å². The summed E-state index contributed by atoms with van der Waals surface area (Å²) in [6.07, 6.45) is -3.69. The number of alkyl halides is 4. The molecular formula is C19H13F4NO3S. The highest BCUT2D eigenvalue weighted by molar-refractivity contribution is 7.18. The van der Waals surface area contributed by atoms with Crippen molar-refractivity contribution in [3.8, 4) is 5.75 Å². The summed E-state index contributed by atoms with van der Waals surface area (Å²) in [6, 6.07) is 7.28. The van der Waals surface area contributed by atoms with Crippen LogP contribution in [0.5, 0.6) is 5.75 Å². The highest BCUT2D eigenvalue weighted by Crippen LogP contribution is 2.52. The van der Waals surface area contributed by atoms with Gasteiger partial charge in [-0.2, -0.15) is 13.2 Å². The SMILES string of the molecule is O=C(O)c1ccc2sc(C3(F)CC3)nc2c1OCc1ccc(C(F)(F)F)cc1. The number of ether oxygens (including phenoxy) is 1. The summed E-state index contributed by atoms with van der Waals surface area (Å²) in [5.74, 6) is -1.25. The van der Waals surface area contributed by atoms with Gasteiger partial charge in [0, 0.05) is 0 Å². The molecule has 1 N–H and O–H groups in total. The third kappa shape index (κ3) is 3.42. The summed E-state index contributed by atoms with van der Waals surface area (Å²) < 4.78 is 58.5. The minimum Gasteiger partial charge on any atom is -0.486 e. The summed E-state index contributed by atoms with van der Waals surface area (Å²) in [4.78, 5) is 15.8. The predicted molar refractivity (Wildman–Crippen MR) is 94.4 cm³/mol. The molecule has 0 atom stereocenters. The number of thiazole rings is 1. The molecule has 3 aromatic rings. The second kappa shape index (κ2) is 6.44. The molecule has 0 unspecified atom stereocenters. The Morgan fingerprint density at radius 1 is 1.18 bits per heavy atom. The standard InChI is InChI=1S/C19H13F4NO3S/c20-18(7-8-18)17-24-14-13(28-17)6-5-12(16(25)26)15(14)27-9-10-1-3-11(4-2-10)19(21,22)23/h1-6H,7-9H2,(H,25,26). The van der Waals surface area contributed by atoms with E-state index < -0.39 is 23.4 Å². The minimum atomic E-state index is -4.44. The van der Waals surface area contributed by atoms with E-state index >= 15 is 0 Å². The Hall–Kier alpha value is -2.68. The number of carboxylic acids is 1. The molecular weight excluding hydrogens is 398 g/mol. The first-order valence-corrected chi connectivity index (χ1v) is 9.14. The van der Waals surface area contributed by atoms with E-state index in [9.17, 15) is 27.5 Å². The Balaban J connectivity index is 1.65. The normalized spacial score (nSPS) is 15.6. The number of fused-ring (bicyclic) bond motifs is 1. The first-order valence-electron chi connectivity index (χ1n) is 8.32. The number of carbonyl (C=O) groups is 1. The Morgan fingerprint density at radius 3 is 2.43 bits per heavy atom. The van der Waals surface area contributed by atoms with Crippen molar-refractivity contribution >= 4 is 27.5 Å². The zero-order chi connectivity index (χ0) is 20.1. The van der Waals surface area contributed by atoms with E-state index in [2.05, 4.69) is 4.98 Å². The maximum Gasteiger partial charge on any atom is 0.416 e. The quantitative estimate of drug-likeness (QED) is 0.559. The van der Waals surface area contributed by atoms with Crippen LogP contribution in [0.25, 0.3) is 10.2 Å². The van der Waals surface area contributed by atoms with E-state index in [-0.39, 0.29) is 28.4 Å². The van der Waals surface area contributed by atoms with Gasteiger partial charge < -0.3 is 9.84 Å². The van der Waals surface area contributed by atoms with Gasteiger partial charge in [0.25, 0.3) is 0 Å². The third-order valence-electron chi connectivity index (χ3n) is 4.48. The molecule has 1 saturated carbocycles. The molecule has 0 aliphatic heterocycles. The van der Waals surface area contributed by atoms with E-state index in [0.717, 1.165) is 23.5 Å². The number of benzene rings is 2. The fraction of sp³-hybridized carbons (Fsp3) is 0.263. The van der Waals surface area contributed by atoms with Crippen molar-refractivity contribution in [1.82, 2.24) is 4.98 Å². The van der Waals surface area contributed by atoms with Gasteiger partial charge in [0.1, 0.15) is 22.7 Å². The highest BCUT2D eigenvalue weighted by atomic mass is 32.1. The number of aromatic carboxylic acids is 1. The molecule has 0 spiro atoms. The molecule has 0 amide bonds. The van der Waals surface area contributed by atoms with Crippen LogP contribution < -0.4 is 4.74 Å². The van der Waals surface area contributed by atoms with Crippen LogP contribution in [0.15, 0.2) is 36.4 Å². The molecule has 28 heavy (non-hydrogen) atoms. The Morgan fingerprint density at radius 2 is 1.86 bits per heavy atom. The van der Waals surface area contributed by atoms with Crippen molar-refractivity contribution in [2.75, 3.05) is 0 Å². The van der Waals surface area contributed by atoms with Gasteiger partial charge in [-0.05, 0) is 42.7 Å². The van der Waals surface area contributed by atoms with Gasteiger partial charge in [-0.3, -0.25) is 0 Å². The average Bonchev–Trinajstić information content (AvgIpc) is 3.23. The van der Waals surface area contributed by atoms with Crippen LogP contribution in [0.2, 0.25) is 0 Å². The van der Waals surface area contributed by atoms with E-state index in [1.165, 1.54) is 18.2 Å². The number of nitrogens with zero attached hydrogens (tertiary/aromatic N) is 1. The number of halogens is 4. The van der Waals surface area contributed by atoms with E-state index in [1.807, 2.05) is 0 Å². The van der Waals surface area contributed by atoms with Crippen molar-refractivity contribution in [2.45, 2.75) is 31.3 Å². The topological polar surface area (TPSA) is 59.4 Å². The van der Waals surface area contributed by atoms with Crippen LogP contribution in [0.1, 0.15) is 39.3 Å². The van der Waals surface area contributed by atoms with Crippen LogP contribution in [-0.2, 0) is 18.5 Å². The lowest BCUT2D eigenvalue weighted by Crippen LogP contribution is -2.06. The number of rotatable bonds is 5. The van der Waals surface area contributed by atoms with Crippen molar-refractivity contribution < 1.29 is 32.2 Å². The highest BCUT2D eigenvalue weighted by Gasteiger charge is 2.48. The van der Waals surface area contributed by atoms with Gasteiger partial charge in [-0.15, -0.1) is 11.3 Å². The Bertz CT molecular complexity index is 1060. The molecule has 0 bridgehead atoms. The summed E-state index contributed by atoms with van der Waals surface area (Å²) in [6.45, 7) is -0.148. The number of hydrogen-bond donors (Lipinski definition) is 1. The van der Waals surface area contributed by atoms with Crippen LogP contribution >= 0.6 is 11.3 Å². The third-order valence-corrected chi connectivity index (χ3v) is 5.68. The summed E-state index contributed by atoms with van der Waals surface area (Å²) in [5.41, 5.74) is -1.71. The monoisotopic (exact) mass is 411 g/mol. The molecule has 0 saturated heterocycles. The summed E-state index contributed by atoms with van der Waals surface area (Å²) in [7, 11) is 0. The first-order chi connectivity index (χ1) is 13.2. The van der Waals surface area contributed by atoms with Gasteiger partial charge >= 0.3 is 12.1 Å². The van der Waals surface area contributed by atoms with E-state index in [4.69, 9.17) is 4.74 Å². The van der Waals surface area contributed by atoms with Gasteiger partial charge in [0.2, 0.25) is 0 Å². The van der Waals surface area contributed by atoms with Gasteiger partial charge in [0.15, 0.2) is 11.4 Å². The fourth-order valence-electron chi connectivity index (χ4n) is 2.75. The maximum absolute atomic E-state index is 14.3. The van der Waals surface area contributed by atoms with Gasteiger partial charge in [0.05, 0.1) is 10.3 Å². The zero-order valence-corrected chi connectivity index (χ0v) is 15.0. The lowest BCUT2D eigenvalue weighted by molar-refractivity contribution is -0.137. The predicted octanol–water partition coefficient (Wildman–Crippen LogP) is 5.55. The molecule has 4 nitrogen and oxygen atoms in total. The molecule has 2 aromatic carbocycles. The largest absolute Gasteiger partial charge is 0.486 e. The summed E-state index contributed by atoms with van der Waals surface area (Å²) >= 11 is 1.14. The molecule has 9 heteroatoms. The number of aromatic nitrogens is 1. The van der Waals surface area contributed by atoms with E-state index in [0.29, 0.717) is 23.1 Å². The molecule has 1 heterocycles. The maximum atomic E-state index is 14.3. The molecule has 1 fully saturated rings. The van der Waals surface area contributed by atoms with Crippen LogP contribution in [0, 0.1) is 0 Å². The Labute approximate surface area is 160 Å². The smallest absolute Gasteiger partial charge is 0.416 e. The summed E-state index contributed by atoms with van der Waals surface area (Å²) in [5, 5.41) is 9.71. The second-order valence-corrected chi connectivity index (χ2v) is 7.59. The van der Waals surface area contributed by atoms with Crippen LogP contribution in [-0.4, -0.2) is 16.1 Å². The first kappa shape index (κ1) is 18.7. The minimum absolute atomic E-state index is 0.0170. The molecule has 1 aliphatic rings. The van der Waals surface area contributed by atoms with Gasteiger partial charge in [-0.25, -0.2) is 14.2 Å². The average molecular weight is 411 g/mol. The lowest BCUT2D eigenvalue weighted by atomic mass is 10.1. The Kier molecular flexibility index (Phi) is 4.29. The second-order valence-electron chi connectivity index (χ2n) is 6.56.